The summed E-state index contributed by atoms with van der Waals surface area (Å²) in [5.74, 6) is 0.808. The number of methoxy groups -OCH3 is 2. The molecule has 0 aliphatic carbocycles. The smallest absolute Gasteiger partial charge is 0.119 e. The molecule has 2 N–H and O–H groups in total. The van der Waals surface area contributed by atoms with Gasteiger partial charge in [0.25, 0.3) is 0 Å². The molecule has 1 aromatic carbocycles. The lowest BCUT2D eigenvalue weighted by Crippen LogP contribution is -2.23. The van der Waals surface area contributed by atoms with Crippen LogP contribution >= 0.6 is 0 Å². The molecule has 2 unspecified atom stereocenters. The lowest BCUT2D eigenvalue weighted by Gasteiger charge is -2.17. The monoisotopic (exact) mass is 239 g/mol. The van der Waals surface area contributed by atoms with Crippen molar-refractivity contribution in [2.45, 2.75) is 19.1 Å². The molecule has 0 amide bonds. The van der Waals surface area contributed by atoms with E-state index in [0.29, 0.717) is 13.2 Å². The Balaban J connectivity index is 2.48. The van der Waals surface area contributed by atoms with Gasteiger partial charge in [-0.15, -0.1) is 0 Å². The molecule has 0 saturated heterocycles. The van der Waals surface area contributed by atoms with Crippen molar-refractivity contribution >= 4 is 0 Å². The Hall–Kier alpha value is -1.10. The summed E-state index contributed by atoms with van der Waals surface area (Å²) in [7, 11) is 3.30. The van der Waals surface area contributed by atoms with E-state index >= 15 is 0 Å². The zero-order chi connectivity index (χ0) is 12.7. The Labute approximate surface area is 103 Å². The second kappa shape index (κ2) is 7.27. The summed E-state index contributed by atoms with van der Waals surface area (Å²) in [5, 5.41) is 0. The van der Waals surface area contributed by atoms with Crippen molar-refractivity contribution in [3.63, 3.8) is 0 Å². The minimum atomic E-state index is -0.149. The lowest BCUT2D eigenvalue weighted by molar-refractivity contribution is 0.00327. The van der Waals surface area contributed by atoms with E-state index in [0.717, 1.165) is 11.3 Å². The summed E-state index contributed by atoms with van der Waals surface area (Å²) in [4.78, 5) is 0. The first kappa shape index (κ1) is 14.0. The summed E-state index contributed by atoms with van der Waals surface area (Å²) < 4.78 is 15.7. The van der Waals surface area contributed by atoms with Crippen molar-refractivity contribution < 1.29 is 14.2 Å². The van der Waals surface area contributed by atoms with Gasteiger partial charge in [0.05, 0.1) is 32.5 Å². The molecule has 0 aromatic heterocycles. The van der Waals surface area contributed by atoms with E-state index < -0.39 is 0 Å². The Morgan fingerprint density at radius 3 is 2.65 bits per heavy atom. The average molecular weight is 239 g/mol. The van der Waals surface area contributed by atoms with Crippen molar-refractivity contribution in [3.05, 3.63) is 29.8 Å². The van der Waals surface area contributed by atoms with Gasteiger partial charge in [0, 0.05) is 7.11 Å². The lowest BCUT2D eigenvalue weighted by atomic mass is 10.1. The molecule has 4 nitrogen and oxygen atoms in total. The van der Waals surface area contributed by atoms with E-state index in [4.69, 9.17) is 19.9 Å². The quantitative estimate of drug-likeness (QED) is 0.787. The Bertz CT molecular complexity index is 330. The SMILES string of the molecule is COCC(C)OCC(N)c1cccc(OC)c1. The molecular formula is C13H21NO3. The molecule has 1 aromatic rings. The highest BCUT2D eigenvalue weighted by atomic mass is 16.5. The van der Waals surface area contributed by atoms with Crippen LogP contribution in [0.5, 0.6) is 5.75 Å². The summed E-state index contributed by atoms with van der Waals surface area (Å²) in [6.45, 7) is 3.00. The first-order chi connectivity index (χ1) is 8.17. The molecule has 0 fully saturated rings. The largest absolute Gasteiger partial charge is 0.497 e. The molecule has 96 valence electrons. The maximum atomic E-state index is 6.04. The van der Waals surface area contributed by atoms with Gasteiger partial charge in [-0.3, -0.25) is 0 Å². The van der Waals surface area contributed by atoms with Gasteiger partial charge in [0.15, 0.2) is 0 Å². The maximum Gasteiger partial charge on any atom is 0.119 e. The third-order valence-corrected chi connectivity index (χ3v) is 2.48. The maximum absolute atomic E-state index is 6.04. The zero-order valence-electron chi connectivity index (χ0n) is 10.7. The summed E-state index contributed by atoms with van der Waals surface area (Å²) >= 11 is 0. The van der Waals surface area contributed by atoms with Crippen LogP contribution in [-0.4, -0.2) is 33.5 Å². The number of hydrogen-bond acceptors (Lipinski definition) is 4. The number of benzene rings is 1. The fourth-order valence-corrected chi connectivity index (χ4v) is 1.52. The van der Waals surface area contributed by atoms with Gasteiger partial charge in [0.2, 0.25) is 0 Å². The molecule has 4 heteroatoms. The van der Waals surface area contributed by atoms with Crippen LogP contribution in [0.3, 0.4) is 0 Å². The average Bonchev–Trinajstić information content (AvgIpc) is 2.36. The van der Waals surface area contributed by atoms with Gasteiger partial charge in [-0.1, -0.05) is 12.1 Å². The summed E-state index contributed by atoms with van der Waals surface area (Å²) in [5.41, 5.74) is 7.05. The van der Waals surface area contributed by atoms with Gasteiger partial charge in [-0.2, -0.15) is 0 Å². The fraction of sp³-hybridized carbons (Fsp3) is 0.538. The molecule has 0 bridgehead atoms. The Morgan fingerprint density at radius 2 is 2.00 bits per heavy atom. The van der Waals surface area contributed by atoms with Crippen molar-refractivity contribution in [2.24, 2.45) is 5.73 Å². The van der Waals surface area contributed by atoms with Crippen LogP contribution in [-0.2, 0) is 9.47 Å². The van der Waals surface area contributed by atoms with E-state index in [9.17, 15) is 0 Å². The van der Waals surface area contributed by atoms with Crippen LogP contribution in [0.15, 0.2) is 24.3 Å². The second-order valence-electron chi connectivity index (χ2n) is 3.98. The second-order valence-corrected chi connectivity index (χ2v) is 3.98. The highest BCUT2D eigenvalue weighted by Crippen LogP contribution is 2.18. The zero-order valence-corrected chi connectivity index (χ0v) is 10.7. The third kappa shape index (κ3) is 4.73. The Morgan fingerprint density at radius 1 is 1.24 bits per heavy atom. The molecule has 1 rings (SSSR count). The summed E-state index contributed by atoms with van der Waals surface area (Å²) in [6, 6.07) is 7.56. The third-order valence-electron chi connectivity index (χ3n) is 2.48. The van der Waals surface area contributed by atoms with Gasteiger partial charge in [-0.05, 0) is 24.6 Å². The minimum Gasteiger partial charge on any atom is -0.497 e. The van der Waals surface area contributed by atoms with Gasteiger partial charge in [-0.25, -0.2) is 0 Å². The van der Waals surface area contributed by atoms with Gasteiger partial charge < -0.3 is 19.9 Å². The van der Waals surface area contributed by atoms with E-state index in [2.05, 4.69) is 0 Å². The number of hydrogen-bond donors (Lipinski definition) is 1. The number of ether oxygens (including phenoxy) is 3. The van der Waals surface area contributed by atoms with Crippen molar-refractivity contribution in [3.8, 4) is 5.75 Å². The number of nitrogens with two attached hydrogens (primary N) is 1. The molecule has 0 aliphatic heterocycles. The highest BCUT2D eigenvalue weighted by Gasteiger charge is 2.09. The summed E-state index contributed by atoms with van der Waals surface area (Å²) in [6.07, 6.45) is 0.0525. The van der Waals surface area contributed by atoms with E-state index in [1.807, 2.05) is 31.2 Å². The predicted molar refractivity (Wildman–Crippen MR) is 67.2 cm³/mol. The van der Waals surface area contributed by atoms with Crippen molar-refractivity contribution in [1.82, 2.24) is 0 Å². The minimum absolute atomic E-state index is 0.0525. The fourth-order valence-electron chi connectivity index (χ4n) is 1.52. The highest BCUT2D eigenvalue weighted by molar-refractivity contribution is 5.30. The van der Waals surface area contributed by atoms with Crippen LogP contribution < -0.4 is 10.5 Å². The van der Waals surface area contributed by atoms with Crippen LogP contribution in [0.2, 0.25) is 0 Å². The van der Waals surface area contributed by atoms with Crippen molar-refractivity contribution in [1.29, 1.82) is 0 Å². The number of rotatable bonds is 7. The first-order valence-electron chi connectivity index (χ1n) is 5.67. The van der Waals surface area contributed by atoms with Crippen LogP contribution in [0.1, 0.15) is 18.5 Å². The molecular weight excluding hydrogens is 218 g/mol. The van der Waals surface area contributed by atoms with Crippen LogP contribution in [0.4, 0.5) is 0 Å². The molecule has 17 heavy (non-hydrogen) atoms. The van der Waals surface area contributed by atoms with E-state index in [1.54, 1.807) is 14.2 Å². The van der Waals surface area contributed by atoms with Crippen LogP contribution in [0.25, 0.3) is 0 Å². The molecule has 0 spiro atoms. The Kier molecular flexibility index (Phi) is 5.97. The molecule has 0 radical (unpaired) electrons. The molecule has 2 atom stereocenters. The molecule has 0 saturated carbocycles. The molecule has 0 aliphatic rings. The van der Waals surface area contributed by atoms with E-state index in [-0.39, 0.29) is 12.1 Å². The van der Waals surface area contributed by atoms with Gasteiger partial charge in [0.1, 0.15) is 5.75 Å². The van der Waals surface area contributed by atoms with Crippen LogP contribution in [0, 0.1) is 0 Å². The van der Waals surface area contributed by atoms with Gasteiger partial charge >= 0.3 is 0 Å². The van der Waals surface area contributed by atoms with Crippen molar-refractivity contribution in [2.75, 3.05) is 27.4 Å². The first-order valence-corrected chi connectivity index (χ1v) is 5.67. The standard InChI is InChI=1S/C13H21NO3/c1-10(8-15-2)17-9-13(14)11-5-4-6-12(7-11)16-3/h4-7,10,13H,8-9,14H2,1-3H3. The topological polar surface area (TPSA) is 53.7 Å². The van der Waals surface area contributed by atoms with E-state index in [1.165, 1.54) is 0 Å². The predicted octanol–water partition coefficient (Wildman–Crippen LogP) is 1.75. The normalized spacial score (nSPS) is 14.4. The molecule has 0 heterocycles.